The van der Waals surface area contributed by atoms with Gasteiger partial charge in [-0.2, -0.15) is 13.2 Å². The summed E-state index contributed by atoms with van der Waals surface area (Å²) in [6.45, 7) is 0. The summed E-state index contributed by atoms with van der Waals surface area (Å²) in [4.78, 5) is 2.68. The molecule has 0 aliphatic heterocycles. The van der Waals surface area contributed by atoms with Crippen LogP contribution in [0.1, 0.15) is 11.7 Å². The molecule has 0 amide bonds. The van der Waals surface area contributed by atoms with E-state index < -0.39 is 12.3 Å². The first kappa shape index (κ1) is 10.0. The van der Waals surface area contributed by atoms with Gasteiger partial charge >= 0.3 is 6.18 Å². The van der Waals surface area contributed by atoms with Crippen molar-refractivity contribution in [2.75, 3.05) is 0 Å². The maximum atomic E-state index is 12.3. The number of benzene rings is 1. The summed E-state index contributed by atoms with van der Waals surface area (Å²) in [6, 6.07) is 6.53. The highest BCUT2D eigenvalue weighted by molar-refractivity contribution is 5.83. The van der Waals surface area contributed by atoms with Crippen LogP contribution >= 0.6 is 0 Å². The Morgan fingerprint density at radius 1 is 1.20 bits per heavy atom. The zero-order valence-electron chi connectivity index (χ0n) is 7.55. The van der Waals surface area contributed by atoms with Crippen molar-refractivity contribution < 1.29 is 18.3 Å². The third-order valence-electron chi connectivity index (χ3n) is 2.23. The number of aromatic nitrogens is 1. The molecule has 1 atom stereocenters. The molecular weight excluding hydrogens is 207 g/mol. The molecule has 2 aromatic rings. The first-order valence-corrected chi connectivity index (χ1v) is 4.31. The Hall–Kier alpha value is -1.49. The normalized spacial score (nSPS) is 14.4. The molecule has 2 nitrogen and oxygen atoms in total. The predicted octanol–water partition coefficient (Wildman–Crippen LogP) is 2.76. The minimum absolute atomic E-state index is 0.141. The molecule has 0 fully saturated rings. The number of hydrogen-bond acceptors (Lipinski definition) is 1. The lowest BCUT2D eigenvalue weighted by molar-refractivity contribution is -0.206. The van der Waals surface area contributed by atoms with E-state index >= 15 is 0 Å². The van der Waals surface area contributed by atoms with Crippen LogP contribution in [-0.4, -0.2) is 16.3 Å². The maximum absolute atomic E-state index is 12.3. The molecule has 2 rings (SSSR count). The molecule has 1 aromatic carbocycles. The zero-order valence-corrected chi connectivity index (χ0v) is 7.55. The van der Waals surface area contributed by atoms with Crippen molar-refractivity contribution in [3.8, 4) is 0 Å². The molecule has 2 N–H and O–H groups in total. The van der Waals surface area contributed by atoms with E-state index in [1.165, 1.54) is 12.3 Å². The number of alkyl halides is 3. The van der Waals surface area contributed by atoms with E-state index in [-0.39, 0.29) is 5.56 Å². The monoisotopic (exact) mass is 215 g/mol. The van der Waals surface area contributed by atoms with Gasteiger partial charge in [-0.05, 0) is 6.07 Å². The van der Waals surface area contributed by atoms with Gasteiger partial charge in [-0.1, -0.05) is 18.2 Å². The van der Waals surface area contributed by atoms with Crippen molar-refractivity contribution >= 4 is 10.9 Å². The summed E-state index contributed by atoms with van der Waals surface area (Å²) in [5.74, 6) is 0. The second-order valence-electron chi connectivity index (χ2n) is 3.23. The van der Waals surface area contributed by atoms with Crippen LogP contribution in [0.4, 0.5) is 13.2 Å². The molecule has 0 saturated carbocycles. The van der Waals surface area contributed by atoms with E-state index in [0.717, 1.165) is 0 Å². The van der Waals surface area contributed by atoms with Crippen molar-refractivity contribution in [3.63, 3.8) is 0 Å². The molecule has 15 heavy (non-hydrogen) atoms. The minimum Gasteiger partial charge on any atom is -0.379 e. The molecule has 5 heteroatoms. The molecule has 1 aromatic heterocycles. The maximum Gasteiger partial charge on any atom is 0.418 e. The number of nitrogens with one attached hydrogen (secondary N) is 1. The Bertz CT molecular complexity index is 475. The van der Waals surface area contributed by atoms with E-state index in [2.05, 4.69) is 4.98 Å². The Balaban J connectivity index is 2.53. The number of aliphatic hydroxyl groups is 1. The molecule has 0 saturated heterocycles. The summed E-state index contributed by atoms with van der Waals surface area (Å²) >= 11 is 0. The SMILES string of the molecule is O[C@H](c1c[nH]c2ccccc12)C(F)(F)F. The van der Waals surface area contributed by atoms with E-state index in [1.54, 1.807) is 18.2 Å². The van der Waals surface area contributed by atoms with Crippen molar-refractivity contribution in [2.45, 2.75) is 12.3 Å². The van der Waals surface area contributed by atoms with Gasteiger partial charge in [0.05, 0.1) is 0 Å². The number of rotatable bonds is 1. The van der Waals surface area contributed by atoms with Gasteiger partial charge in [0.25, 0.3) is 0 Å². The molecular formula is C10H8F3NO. The lowest BCUT2D eigenvalue weighted by Crippen LogP contribution is -2.19. The van der Waals surface area contributed by atoms with Crippen LogP contribution < -0.4 is 0 Å². The molecule has 80 valence electrons. The van der Waals surface area contributed by atoms with Gasteiger partial charge in [-0.15, -0.1) is 0 Å². The first-order chi connectivity index (χ1) is 7.00. The van der Waals surface area contributed by atoms with E-state index in [1.807, 2.05) is 0 Å². The van der Waals surface area contributed by atoms with E-state index in [9.17, 15) is 13.2 Å². The third-order valence-corrected chi connectivity index (χ3v) is 2.23. The number of aromatic amines is 1. The Morgan fingerprint density at radius 2 is 1.87 bits per heavy atom. The minimum atomic E-state index is -4.63. The summed E-state index contributed by atoms with van der Waals surface area (Å²) in [5.41, 5.74) is 0.439. The average Bonchev–Trinajstić information content (AvgIpc) is 2.58. The van der Waals surface area contributed by atoms with E-state index in [4.69, 9.17) is 5.11 Å². The van der Waals surface area contributed by atoms with Gasteiger partial charge in [-0.25, -0.2) is 0 Å². The number of para-hydroxylation sites is 1. The summed E-state index contributed by atoms with van der Waals surface area (Å²) in [7, 11) is 0. The van der Waals surface area contributed by atoms with Gasteiger partial charge in [0.2, 0.25) is 0 Å². The fraction of sp³-hybridized carbons (Fsp3) is 0.200. The van der Waals surface area contributed by atoms with Crippen LogP contribution in [0.2, 0.25) is 0 Å². The number of hydrogen-bond donors (Lipinski definition) is 2. The van der Waals surface area contributed by atoms with Crippen LogP contribution in [0.5, 0.6) is 0 Å². The number of fused-ring (bicyclic) bond motifs is 1. The summed E-state index contributed by atoms with van der Waals surface area (Å²) < 4.78 is 36.8. The van der Waals surface area contributed by atoms with Crippen LogP contribution in [0, 0.1) is 0 Å². The molecule has 0 spiro atoms. The lowest BCUT2D eigenvalue weighted by Gasteiger charge is -2.13. The fourth-order valence-corrected chi connectivity index (χ4v) is 1.50. The van der Waals surface area contributed by atoms with Gasteiger partial charge in [0, 0.05) is 22.7 Å². The van der Waals surface area contributed by atoms with Gasteiger partial charge in [-0.3, -0.25) is 0 Å². The standard InChI is InChI=1S/C10H8F3NO/c11-10(12,13)9(15)7-5-14-8-4-2-1-3-6(7)8/h1-5,9,14-15H/t9-/m1/s1. The van der Waals surface area contributed by atoms with Gasteiger partial charge < -0.3 is 10.1 Å². The molecule has 1 heterocycles. The van der Waals surface area contributed by atoms with Crippen LogP contribution in [0.15, 0.2) is 30.5 Å². The molecule has 0 aliphatic carbocycles. The molecule has 0 unspecified atom stereocenters. The highest BCUT2D eigenvalue weighted by atomic mass is 19.4. The Morgan fingerprint density at radius 3 is 2.53 bits per heavy atom. The smallest absolute Gasteiger partial charge is 0.379 e. The topological polar surface area (TPSA) is 36.0 Å². The van der Waals surface area contributed by atoms with Crippen molar-refractivity contribution in [1.82, 2.24) is 4.98 Å². The average molecular weight is 215 g/mol. The van der Waals surface area contributed by atoms with Crippen molar-refractivity contribution in [3.05, 3.63) is 36.0 Å². The Kier molecular flexibility index (Phi) is 2.19. The second-order valence-corrected chi connectivity index (χ2v) is 3.23. The third kappa shape index (κ3) is 1.70. The van der Waals surface area contributed by atoms with Gasteiger partial charge in [0.15, 0.2) is 6.10 Å². The molecule has 0 radical (unpaired) electrons. The number of H-pyrrole nitrogens is 1. The van der Waals surface area contributed by atoms with Crippen LogP contribution in [-0.2, 0) is 0 Å². The molecule has 0 aliphatic rings. The Labute approximate surface area is 83.3 Å². The van der Waals surface area contributed by atoms with Crippen molar-refractivity contribution in [1.29, 1.82) is 0 Å². The first-order valence-electron chi connectivity index (χ1n) is 4.31. The predicted molar refractivity (Wildman–Crippen MR) is 49.3 cm³/mol. The number of aliphatic hydroxyl groups excluding tert-OH is 1. The lowest BCUT2D eigenvalue weighted by atomic mass is 10.1. The highest BCUT2D eigenvalue weighted by Gasteiger charge is 2.40. The largest absolute Gasteiger partial charge is 0.418 e. The van der Waals surface area contributed by atoms with Crippen LogP contribution in [0.3, 0.4) is 0 Å². The fourth-order valence-electron chi connectivity index (χ4n) is 1.50. The molecule has 0 bridgehead atoms. The number of halogens is 3. The van der Waals surface area contributed by atoms with Gasteiger partial charge in [0.1, 0.15) is 0 Å². The summed E-state index contributed by atoms with van der Waals surface area (Å²) in [5, 5.41) is 9.49. The summed E-state index contributed by atoms with van der Waals surface area (Å²) in [6.07, 6.45) is -5.89. The quantitative estimate of drug-likeness (QED) is 0.753. The van der Waals surface area contributed by atoms with Crippen molar-refractivity contribution in [2.24, 2.45) is 0 Å². The zero-order chi connectivity index (χ0) is 11.1. The van der Waals surface area contributed by atoms with Crippen LogP contribution in [0.25, 0.3) is 10.9 Å². The highest BCUT2D eigenvalue weighted by Crippen LogP contribution is 2.35. The second kappa shape index (κ2) is 3.27. The van der Waals surface area contributed by atoms with E-state index in [0.29, 0.717) is 10.9 Å².